The van der Waals surface area contributed by atoms with Gasteiger partial charge in [-0.15, -0.1) is 0 Å². The highest BCUT2D eigenvalue weighted by atomic mass is 19.1. The average Bonchev–Trinajstić information content (AvgIpc) is 2.41. The Morgan fingerprint density at radius 2 is 1.90 bits per heavy atom. The van der Waals surface area contributed by atoms with Crippen molar-refractivity contribution in [2.24, 2.45) is 0 Å². The Bertz CT molecular complexity index is 633. The second kappa shape index (κ2) is 5.87. The SMILES string of the molecule is CC(=O)c1cc(F)ccc1Oc1cccc(C(C)C)c1. The first-order valence-electron chi connectivity index (χ1n) is 6.55. The number of rotatable bonds is 4. The molecule has 0 spiro atoms. The van der Waals surface area contributed by atoms with Gasteiger partial charge in [-0.1, -0.05) is 26.0 Å². The molecule has 2 rings (SSSR count). The minimum atomic E-state index is -0.446. The van der Waals surface area contributed by atoms with Gasteiger partial charge >= 0.3 is 0 Å². The van der Waals surface area contributed by atoms with Gasteiger partial charge in [0.15, 0.2) is 5.78 Å². The van der Waals surface area contributed by atoms with Crippen LogP contribution < -0.4 is 4.74 Å². The molecule has 0 aliphatic rings. The molecule has 2 aromatic carbocycles. The largest absolute Gasteiger partial charge is 0.457 e. The zero-order chi connectivity index (χ0) is 14.7. The summed E-state index contributed by atoms with van der Waals surface area (Å²) in [7, 11) is 0. The Morgan fingerprint density at radius 1 is 1.15 bits per heavy atom. The van der Waals surface area contributed by atoms with Crippen LogP contribution in [0.25, 0.3) is 0 Å². The van der Waals surface area contributed by atoms with Crippen molar-refractivity contribution in [2.45, 2.75) is 26.7 Å². The van der Waals surface area contributed by atoms with E-state index in [-0.39, 0.29) is 11.3 Å². The number of benzene rings is 2. The van der Waals surface area contributed by atoms with Gasteiger partial charge in [-0.3, -0.25) is 4.79 Å². The van der Waals surface area contributed by atoms with E-state index < -0.39 is 5.82 Å². The van der Waals surface area contributed by atoms with Crippen molar-refractivity contribution in [1.82, 2.24) is 0 Å². The first-order chi connectivity index (χ1) is 9.47. The summed E-state index contributed by atoms with van der Waals surface area (Å²) in [6.45, 7) is 5.59. The Kier molecular flexibility index (Phi) is 4.18. The third-order valence-electron chi connectivity index (χ3n) is 3.07. The van der Waals surface area contributed by atoms with Gasteiger partial charge in [0.25, 0.3) is 0 Å². The van der Waals surface area contributed by atoms with Crippen LogP contribution in [-0.2, 0) is 0 Å². The molecule has 0 amide bonds. The van der Waals surface area contributed by atoms with Crippen molar-refractivity contribution in [1.29, 1.82) is 0 Å². The lowest BCUT2D eigenvalue weighted by molar-refractivity contribution is 0.101. The van der Waals surface area contributed by atoms with E-state index in [0.29, 0.717) is 17.4 Å². The van der Waals surface area contributed by atoms with E-state index in [1.807, 2.05) is 24.3 Å². The number of Topliss-reactive ketones (excluding diaryl/α,β-unsaturated/α-hetero) is 1. The molecule has 20 heavy (non-hydrogen) atoms. The molecule has 0 aliphatic heterocycles. The van der Waals surface area contributed by atoms with Crippen LogP contribution in [0.2, 0.25) is 0 Å². The van der Waals surface area contributed by atoms with Gasteiger partial charge < -0.3 is 4.74 Å². The Morgan fingerprint density at radius 3 is 2.55 bits per heavy atom. The molecule has 3 heteroatoms. The Labute approximate surface area is 118 Å². The molecule has 0 saturated heterocycles. The maximum absolute atomic E-state index is 13.2. The fourth-order valence-electron chi connectivity index (χ4n) is 1.93. The van der Waals surface area contributed by atoms with Gasteiger partial charge in [0, 0.05) is 0 Å². The molecular formula is C17H17FO2. The van der Waals surface area contributed by atoms with Crippen molar-refractivity contribution < 1.29 is 13.9 Å². The quantitative estimate of drug-likeness (QED) is 0.736. The zero-order valence-electron chi connectivity index (χ0n) is 11.8. The molecule has 0 heterocycles. The highest BCUT2D eigenvalue weighted by Gasteiger charge is 2.11. The summed E-state index contributed by atoms with van der Waals surface area (Å²) in [4.78, 5) is 11.5. The summed E-state index contributed by atoms with van der Waals surface area (Å²) in [5.41, 5.74) is 1.40. The normalized spacial score (nSPS) is 10.7. The maximum atomic E-state index is 13.2. The number of ether oxygens (including phenoxy) is 1. The second-order valence-electron chi connectivity index (χ2n) is 5.03. The second-order valence-corrected chi connectivity index (χ2v) is 5.03. The third-order valence-corrected chi connectivity index (χ3v) is 3.07. The smallest absolute Gasteiger partial charge is 0.163 e. The molecule has 0 aromatic heterocycles. The lowest BCUT2D eigenvalue weighted by atomic mass is 10.0. The highest BCUT2D eigenvalue weighted by Crippen LogP contribution is 2.28. The van der Waals surface area contributed by atoms with Gasteiger partial charge in [-0.05, 0) is 48.7 Å². The van der Waals surface area contributed by atoms with Crippen LogP contribution in [0, 0.1) is 5.82 Å². The predicted molar refractivity (Wildman–Crippen MR) is 77.0 cm³/mol. The molecule has 0 aliphatic carbocycles. The summed E-state index contributed by atoms with van der Waals surface area (Å²) in [6.07, 6.45) is 0. The van der Waals surface area contributed by atoms with Crippen molar-refractivity contribution in [3.8, 4) is 11.5 Å². The summed E-state index contributed by atoms with van der Waals surface area (Å²) in [5, 5.41) is 0. The van der Waals surface area contributed by atoms with Gasteiger partial charge in [0.1, 0.15) is 17.3 Å². The molecule has 0 radical (unpaired) electrons. The molecule has 2 aromatic rings. The minimum absolute atomic E-state index is 0.223. The van der Waals surface area contributed by atoms with Crippen LogP contribution in [-0.4, -0.2) is 5.78 Å². The fraction of sp³-hybridized carbons (Fsp3) is 0.235. The van der Waals surface area contributed by atoms with Gasteiger partial charge in [0.05, 0.1) is 5.56 Å². The van der Waals surface area contributed by atoms with Crippen molar-refractivity contribution in [2.75, 3.05) is 0 Å². The van der Waals surface area contributed by atoms with E-state index in [4.69, 9.17) is 4.74 Å². The van der Waals surface area contributed by atoms with E-state index in [2.05, 4.69) is 13.8 Å². The number of ketones is 1. The van der Waals surface area contributed by atoms with Crippen LogP contribution in [0.3, 0.4) is 0 Å². The monoisotopic (exact) mass is 272 g/mol. The predicted octanol–water partition coefficient (Wildman–Crippen LogP) is 4.94. The van der Waals surface area contributed by atoms with E-state index >= 15 is 0 Å². The molecule has 0 fully saturated rings. The van der Waals surface area contributed by atoms with Crippen LogP contribution in [0.15, 0.2) is 42.5 Å². The van der Waals surface area contributed by atoms with Crippen LogP contribution in [0.1, 0.15) is 42.6 Å². The molecule has 0 unspecified atom stereocenters. The summed E-state index contributed by atoms with van der Waals surface area (Å²) in [5.74, 6) is 0.738. The van der Waals surface area contributed by atoms with Crippen molar-refractivity contribution in [3.63, 3.8) is 0 Å². The van der Waals surface area contributed by atoms with E-state index in [1.165, 1.54) is 25.1 Å². The van der Waals surface area contributed by atoms with Gasteiger partial charge in [0.2, 0.25) is 0 Å². The molecule has 0 atom stereocenters. The van der Waals surface area contributed by atoms with Crippen LogP contribution in [0.4, 0.5) is 4.39 Å². The lowest BCUT2D eigenvalue weighted by Crippen LogP contribution is -1.98. The number of carbonyl (C=O) groups excluding carboxylic acids is 1. The molecule has 2 nitrogen and oxygen atoms in total. The standard InChI is InChI=1S/C17H17FO2/c1-11(2)13-5-4-6-15(9-13)20-17-8-7-14(18)10-16(17)12(3)19/h4-11H,1-3H3. The van der Waals surface area contributed by atoms with Crippen molar-refractivity contribution >= 4 is 5.78 Å². The summed E-state index contributed by atoms with van der Waals surface area (Å²) >= 11 is 0. The van der Waals surface area contributed by atoms with Gasteiger partial charge in [-0.25, -0.2) is 4.39 Å². The number of halogens is 1. The molecule has 0 bridgehead atoms. The average molecular weight is 272 g/mol. The van der Waals surface area contributed by atoms with Gasteiger partial charge in [-0.2, -0.15) is 0 Å². The topological polar surface area (TPSA) is 26.3 Å². The lowest BCUT2D eigenvalue weighted by Gasteiger charge is -2.12. The Balaban J connectivity index is 2.35. The molecule has 0 saturated carbocycles. The van der Waals surface area contributed by atoms with Crippen LogP contribution in [0.5, 0.6) is 11.5 Å². The molecular weight excluding hydrogens is 255 g/mol. The summed E-state index contributed by atoms with van der Waals surface area (Å²) in [6, 6.07) is 11.6. The molecule has 104 valence electrons. The number of hydrogen-bond donors (Lipinski definition) is 0. The zero-order valence-corrected chi connectivity index (χ0v) is 11.8. The summed E-state index contributed by atoms with van der Waals surface area (Å²) < 4.78 is 18.9. The maximum Gasteiger partial charge on any atom is 0.163 e. The van der Waals surface area contributed by atoms with E-state index in [9.17, 15) is 9.18 Å². The van der Waals surface area contributed by atoms with E-state index in [1.54, 1.807) is 0 Å². The molecule has 0 N–H and O–H groups in total. The van der Waals surface area contributed by atoms with Crippen molar-refractivity contribution in [3.05, 3.63) is 59.4 Å². The number of carbonyl (C=O) groups is 1. The third kappa shape index (κ3) is 3.23. The number of hydrogen-bond acceptors (Lipinski definition) is 2. The van der Waals surface area contributed by atoms with E-state index in [0.717, 1.165) is 5.56 Å². The first kappa shape index (κ1) is 14.3. The highest BCUT2D eigenvalue weighted by molar-refractivity contribution is 5.96. The Hall–Kier alpha value is -2.16. The minimum Gasteiger partial charge on any atom is -0.457 e. The van der Waals surface area contributed by atoms with Crippen LogP contribution >= 0.6 is 0 Å². The fourth-order valence-corrected chi connectivity index (χ4v) is 1.93. The first-order valence-corrected chi connectivity index (χ1v) is 6.55.